The first-order chi connectivity index (χ1) is 18.5. The summed E-state index contributed by atoms with van der Waals surface area (Å²) in [5.74, 6) is -0.589. The molecule has 2 amide bonds. The van der Waals surface area contributed by atoms with Gasteiger partial charge in [0.05, 0.1) is 11.6 Å². The molecule has 1 spiro atoms. The summed E-state index contributed by atoms with van der Waals surface area (Å²) in [5.41, 5.74) is 0.125. The van der Waals surface area contributed by atoms with Crippen LogP contribution in [0.3, 0.4) is 0 Å². The molecule has 5 rings (SSSR count). The molecule has 4 atom stereocenters. The van der Waals surface area contributed by atoms with Gasteiger partial charge in [-0.05, 0) is 61.4 Å². The molecular formula is C30H36Cl2FN3O3. The van der Waals surface area contributed by atoms with Gasteiger partial charge in [0, 0.05) is 33.7 Å². The van der Waals surface area contributed by atoms with Crippen molar-refractivity contribution in [3.63, 3.8) is 0 Å². The van der Waals surface area contributed by atoms with Crippen LogP contribution in [-0.2, 0) is 15.0 Å². The third-order valence-corrected chi connectivity index (χ3v) is 9.43. The molecule has 6 nitrogen and oxygen atoms in total. The number of anilines is 1. The number of fused-ring (bicyclic) bond motifs is 2. The van der Waals surface area contributed by atoms with Crippen LogP contribution >= 0.6 is 23.2 Å². The smallest absolute Gasteiger partial charge is 0.238 e. The van der Waals surface area contributed by atoms with E-state index in [0.29, 0.717) is 35.0 Å². The normalized spacial score (nSPS) is 34.4. The molecule has 0 bridgehead atoms. The minimum atomic E-state index is -1.09. The number of halogens is 3. The Hall–Kier alpha value is -2.19. The van der Waals surface area contributed by atoms with Crippen molar-refractivity contribution < 1.29 is 19.1 Å². The van der Waals surface area contributed by atoms with Crippen LogP contribution in [0.5, 0.6) is 0 Å². The average Bonchev–Trinajstić information content (AvgIpc) is 3.56. The lowest BCUT2D eigenvalue weighted by Crippen LogP contribution is -2.57. The number of rotatable bonds is 8. The van der Waals surface area contributed by atoms with E-state index in [4.69, 9.17) is 23.2 Å². The minimum absolute atomic E-state index is 0.0438. The summed E-state index contributed by atoms with van der Waals surface area (Å²) in [4.78, 5) is 28.0. The van der Waals surface area contributed by atoms with Crippen LogP contribution in [-0.4, -0.2) is 47.3 Å². The number of alkyl halides is 1. The van der Waals surface area contributed by atoms with Crippen molar-refractivity contribution in [3.8, 4) is 0 Å². The molecule has 2 heterocycles. The van der Waals surface area contributed by atoms with Crippen LogP contribution in [0, 0.1) is 11.8 Å². The second kappa shape index (κ2) is 11.0. The van der Waals surface area contributed by atoms with E-state index >= 15 is 0 Å². The lowest BCUT2D eigenvalue weighted by atomic mass is 9.63. The number of allylic oxidation sites excluding steroid dienone is 4. The van der Waals surface area contributed by atoms with Crippen LogP contribution in [0.1, 0.15) is 57.4 Å². The minimum Gasteiger partial charge on any atom is -0.390 e. The molecule has 2 aliphatic carbocycles. The first kappa shape index (κ1) is 28.3. The summed E-state index contributed by atoms with van der Waals surface area (Å²) in [6.45, 7) is 5.29. The summed E-state index contributed by atoms with van der Waals surface area (Å²) in [6, 6.07) is 4.21. The van der Waals surface area contributed by atoms with E-state index in [-0.39, 0.29) is 28.9 Å². The second-order valence-electron chi connectivity index (χ2n) is 11.9. The summed E-state index contributed by atoms with van der Waals surface area (Å²) in [7, 11) is 0. The van der Waals surface area contributed by atoms with Crippen molar-refractivity contribution in [3.05, 3.63) is 64.2 Å². The van der Waals surface area contributed by atoms with E-state index in [2.05, 4.69) is 22.5 Å². The summed E-state index contributed by atoms with van der Waals surface area (Å²) in [6.07, 6.45) is 11.0. The molecule has 2 aliphatic heterocycles. The number of benzene rings is 1. The number of hydrogen-bond donors (Lipinski definition) is 4. The molecule has 3 fully saturated rings. The molecule has 1 aromatic rings. The molecule has 2 saturated carbocycles. The molecule has 1 aromatic carbocycles. The Morgan fingerprint density at radius 3 is 2.69 bits per heavy atom. The summed E-state index contributed by atoms with van der Waals surface area (Å²) >= 11 is 12.2. The van der Waals surface area contributed by atoms with Crippen molar-refractivity contribution in [1.82, 2.24) is 10.6 Å². The van der Waals surface area contributed by atoms with Crippen molar-refractivity contribution >= 4 is 40.7 Å². The second-order valence-corrected chi connectivity index (χ2v) is 12.8. The van der Waals surface area contributed by atoms with E-state index in [1.165, 1.54) is 6.08 Å². The average molecular weight is 577 g/mol. The highest BCUT2D eigenvalue weighted by molar-refractivity contribution is 6.31. The predicted molar refractivity (Wildman–Crippen MR) is 153 cm³/mol. The van der Waals surface area contributed by atoms with Gasteiger partial charge in [-0.2, -0.15) is 0 Å². The molecule has 9 heteroatoms. The Balaban J connectivity index is 1.57. The highest BCUT2D eigenvalue weighted by Crippen LogP contribution is 2.55. The Kier molecular flexibility index (Phi) is 7.99. The van der Waals surface area contributed by atoms with Gasteiger partial charge in [0.25, 0.3) is 0 Å². The van der Waals surface area contributed by atoms with Gasteiger partial charge in [-0.1, -0.05) is 73.7 Å². The Morgan fingerprint density at radius 2 is 2.03 bits per heavy atom. The topological polar surface area (TPSA) is 90.5 Å². The SMILES string of the molecule is C=C(/C=C\C=C(\Cl)CF)[C@H]1[C@H](C(=O)N[C@H]2C[C@@](C)(O)C2)N[C@@H](CC2CCCC2)[C@@]12C(=O)Nc1cc(Cl)ccc12. The number of aliphatic hydroxyl groups is 1. The predicted octanol–water partition coefficient (Wildman–Crippen LogP) is 5.30. The first-order valence-corrected chi connectivity index (χ1v) is 14.5. The lowest BCUT2D eigenvalue weighted by Gasteiger charge is -2.42. The first-order valence-electron chi connectivity index (χ1n) is 13.7. The van der Waals surface area contributed by atoms with E-state index in [9.17, 15) is 19.1 Å². The van der Waals surface area contributed by atoms with Crippen LogP contribution in [0.2, 0.25) is 5.02 Å². The van der Waals surface area contributed by atoms with Gasteiger partial charge in [0.1, 0.15) is 12.1 Å². The molecule has 4 aliphatic rings. The van der Waals surface area contributed by atoms with Gasteiger partial charge in [0.2, 0.25) is 11.8 Å². The zero-order valence-corrected chi connectivity index (χ0v) is 23.6. The van der Waals surface area contributed by atoms with Crippen molar-refractivity contribution in [1.29, 1.82) is 0 Å². The van der Waals surface area contributed by atoms with Crippen LogP contribution in [0.25, 0.3) is 0 Å². The maximum Gasteiger partial charge on any atom is 0.238 e. The van der Waals surface area contributed by atoms with Crippen LogP contribution in [0.4, 0.5) is 10.1 Å². The van der Waals surface area contributed by atoms with E-state index in [1.807, 2.05) is 6.07 Å². The fourth-order valence-electron chi connectivity index (χ4n) is 7.29. The number of nitrogens with one attached hydrogen (secondary N) is 3. The molecule has 4 N–H and O–H groups in total. The third kappa shape index (κ3) is 5.31. The van der Waals surface area contributed by atoms with Crippen LogP contribution < -0.4 is 16.0 Å². The summed E-state index contributed by atoms with van der Waals surface area (Å²) < 4.78 is 12.9. The van der Waals surface area contributed by atoms with Gasteiger partial charge in [0.15, 0.2) is 0 Å². The number of hydrogen-bond acceptors (Lipinski definition) is 4. The van der Waals surface area contributed by atoms with Gasteiger partial charge in [-0.15, -0.1) is 0 Å². The fraction of sp³-hybridized carbons (Fsp3) is 0.533. The molecule has 0 unspecified atom stereocenters. The molecule has 0 radical (unpaired) electrons. The third-order valence-electron chi connectivity index (χ3n) is 8.96. The Bertz CT molecular complexity index is 1220. The number of carbonyl (C=O) groups is 2. The van der Waals surface area contributed by atoms with E-state index in [0.717, 1.165) is 37.7 Å². The zero-order valence-electron chi connectivity index (χ0n) is 22.1. The maximum absolute atomic E-state index is 14.1. The standard InChI is InChI=1S/C30H36Cl2FN3O3/c1-17(6-5-9-20(32)16-33)25-26(27(37)34-21-14-29(2,39)15-21)36-24(12-18-7-3-4-8-18)30(25)22-11-10-19(31)13-23(22)35-28(30)38/h5-6,9-11,13,18,21,24-26,36,39H,1,3-4,7-8,12,14-16H2,2H3,(H,34,37)(H,35,38)/b6-5-,20-9+/t21-,24-,25-,26+,29+,30+/m0/s1. The molecule has 1 saturated heterocycles. The van der Waals surface area contributed by atoms with Crippen molar-refractivity contribution in [2.45, 2.75) is 81.0 Å². The molecule has 39 heavy (non-hydrogen) atoms. The lowest BCUT2D eigenvalue weighted by molar-refractivity contribution is -0.127. The van der Waals surface area contributed by atoms with Crippen molar-refractivity contribution in [2.75, 3.05) is 12.0 Å². The maximum atomic E-state index is 14.1. The highest BCUT2D eigenvalue weighted by atomic mass is 35.5. The Morgan fingerprint density at radius 1 is 1.31 bits per heavy atom. The number of amides is 2. The molecular weight excluding hydrogens is 540 g/mol. The largest absolute Gasteiger partial charge is 0.390 e. The highest BCUT2D eigenvalue weighted by Gasteiger charge is 2.65. The van der Waals surface area contributed by atoms with E-state index < -0.39 is 29.7 Å². The number of carbonyl (C=O) groups excluding carboxylic acids is 2. The van der Waals surface area contributed by atoms with Crippen LogP contribution in [0.15, 0.2) is 53.6 Å². The monoisotopic (exact) mass is 575 g/mol. The van der Waals surface area contributed by atoms with Gasteiger partial charge in [-0.25, -0.2) is 4.39 Å². The van der Waals surface area contributed by atoms with Crippen molar-refractivity contribution in [2.24, 2.45) is 11.8 Å². The fourth-order valence-corrected chi connectivity index (χ4v) is 7.54. The zero-order chi connectivity index (χ0) is 27.9. The Labute approximate surface area is 239 Å². The molecule has 0 aromatic heterocycles. The van der Waals surface area contributed by atoms with Gasteiger partial charge >= 0.3 is 0 Å². The quantitative estimate of drug-likeness (QED) is 0.316. The molecule has 210 valence electrons. The van der Waals surface area contributed by atoms with E-state index in [1.54, 1.807) is 31.2 Å². The van der Waals surface area contributed by atoms with Gasteiger partial charge < -0.3 is 21.1 Å². The summed E-state index contributed by atoms with van der Waals surface area (Å²) in [5, 5.41) is 20.5. The van der Waals surface area contributed by atoms with Gasteiger partial charge in [-0.3, -0.25) is 9.59 Å².